The minimum atomic E-state index is -0.254. The Morgan fingerprint density at radius 3 is 2.57 bits per heavy atom. The molecular weight excluding hydrogens is 258 g/mol. The summed E-state index contributed by atoms with van der Waals surface area (Å²) in [4.78, 5) is 2.63. The van der Waals surface area contributed by atoms with Crippen molar-refractivity contribution in [2.45, 2.75) is 77.3 Å². The smallest absolute Gasteiger partial charge is 0.109 e. The van der Waals surface area contributed by atoms with Gasteiger partial charge in [0.25, 0.3) is 0 Å². The summed E-state index contributed by atoms with van der Waals surface area (Å²) in [5, 5.41) is 13.3. The molecule has 0 aromatic carbocycles. The van der Waals surface area contributed by atoms with E-state index in [1.807, 2.05) is 0 Å². The molecule has 3 nitrogen and oxygen atoms in total. The number of likely N-dealkylation sites (tertiary alicyclic amines) is 1. The molecule has 2 rings (SSSR count). The second-order valence-corrected chi connectivity index (χ2v) is 7.45. The first kappa shape index (κ1) is 16.8. The van der Waals surface area contributed by atoms with Gasteiger partial charge in [0.2, 0.25) is 0 Å². The maximum absolute atomic E-state index is 9.71. The normalized spacial score (nSPS) is 31.7. The summed E-state index contributed by atoms with van der Waals surface area (Å²) in [7, 11) is 0. The van der Waals surface area contributed by atoms with Crippen molar-refractivity contribution in [1.82, 2.24) is 10.2 Å². The van der Waals surface area contributed by atoms with E-state index in [0.717, 1.165) is 12.3 Å². The van der Waals surface area contributed by atoms with E-state index >= 15 is 0 Å². The van der Waals surface area contributed by atoms with Crippen molar-refractivity contribution in [1.29, 1.82) is 5.26 Å². The predicted octanol–water partition coefficient (Wildman–Crippen LogP) is 3.56. The maximum Gasteiger partial charge on any atom is 0.109 e. The Morgan fingerprint density at radius 1 is 1.29 bits per heavy atom. The van der Waals surface area contributed by atoms with Crippen molar-refractivity contribution >= 4 is 0 Å². The Kier molecular flexibility index (Phi) is 6.08. The molecule has 0 amide bonds. The van der Waals surface area contributed by atoms with Crippen LogP contribution in [0.2, 0.25) is 0 Å². The monoisotopic (exact) mass is 291 g/mol. The molecule has 1 heterocycles. The van der Waals surface area contributed by atoms with Crippen molar-refractivity contribution < 1.29 is 0 Å². The van der Waals surface area contributed by atoms with E-state index in [1.54, 1.807) is 0 Å². The van der Waals surface area contributed by atoms with Gasteiger partial charge in [-0.25, -0.2) is 0 Å². The lowest BCUT2D eigenvalue weighted by Crippen LogP contribution is -2.51. The topological polar surface area (TPSA) is 39.1 Å². The zero-order chi connectivity index (χ0) is 15.3. The highest BCUT2D eigenvalue weighted by molar-refractivity contribution is 5.14. The van der Waals surface area contributed by atoms with Gasteiger partial charge in [-0.3, -0.25) is 5.32 Å². The van der Waals surface area contributed by atoms with E-state index in [4.69, 9.17) is 0 Å². The number of piperidine rings is 1. The first-order valence-corrected chi connectivity index (χ1v) is 9.01. The average molecular weight is 291 g/mol. The summed E-state index contributed by atoms with van der Waals surface area (Å²) in [6.45, 7) is 10.3. The van der Waals surface area contributed by atoms with Crippen LogP contribution in [0, 0.1) is 23.2 Å². The molecule has 0 radical (unpaired) electrons. The second-order valence-electron chi connectivity index (χ2n) is 7.45. The molecular formula is C18H33N3. The van der Waals surface area contributed by atoms with Gasteiger partial charge in [0, 0.05) is 6.04 Å². The fraction of sp³-hybridized carbons (Fsp3) is 0.944. The maximum atomic E-state index is 9.71. The molecule has 2 aliphatic rings. The number of hydrogen-bond acceptors (Lipinski definition) is 3. The SMILES string of the molecule is CCC1CCN(CCC2CCCC2(C#N)NC(C)C)CC1. The molecule has 1 aliphatic carbocycles. The van der Waals surface area contributed by atoms with Crippen LogP contribution in [-0.4, -0.2) is 36.1 Å². The van der Waals surface area contributed by atoms with Gasteiger partial charge in [0.1, 0.15) is 5.54 Å². The van der Waals surface area contributed by atoms with Crippen molar-refractivity contribution in [3.63, 3.8) is 0 Å². The highest BCUT2D eigenvalue weighted by atomic mass is 15.1. The Bertz CT molecular complexity index is 352. The van der Waals surface area contributed by atoms with Crippen molar-refractivity contribution in [2.75, 3.05) is 19.6 Å². The summed E-state index contributed by atoms with van der Waals surface area (Å²) in [6, 6.07) is 3.03. The highest BCUT2D eigenvalue weighted by Crippen LogP contribution is 2.38. The van der Waals surface area contributed by atoms with E-state index in [0.29, 0.717) is 12.0 Å². The third kappa shape index (κ3) is 4.20. The Morgan fingerprint density at radius 2 is 2.00 bits per heavy atom. The molecule has 2 fully saturated rings. The zero-order valence-electron chi connectivity index (χ0n) is 14.2. The van der Waals surface area contributed by atoms with Crippen LogP contribution in [0.3, 0.4) is 0 Å². The third-order valence-corrected chi connectivity index (χ3v) is 5.64. The van der Waals surface area contributed by atoms with Crippen LogP contribution < -0.4 is 5.32 Å². The summed E-state index contributed by atoms with van der Waals surface area (Å²) >= 11 is 0. The standard InChI is InChI=1S/C18H33N3/c1-4-16-7-11-21(12-8-16)13-9-17-6-5-10-18(17,14-19)20-15(2)3/h15-17,20H,4-13H2,1-3H3. The summed E-state index contributed by atoms with van der Waals surface area (Å²) in [6.07, 6.45) is 8.72. The van der Waals surface area contributed by atoms with Gasteiger partial charge in [-0.05, 0) is 77.4 Å². The van der Waals surface area contributed by atoms with Crippen LogP contribution >= 0.6 is 0 Å². The molecule has 0 aromatic heterocycles. The van der Waals surface area contributed by atoms with Crippen LogP contribution in [0.5, 0.6) is 0 Å². The Labute approximate surface area is 131 Å². The van der Waals surface area contributed by atoms with E-state index in [-0.39, 0.29) is 5.54 Å². The van der Waals surface area contributed by atoms with E-state index < -0.39 is 0 Å². The van der Waals surface area contributed by atoms with Crippen LogP contribution in [0.1, 0.15) is 65.7 Å². The van der Waals surface area contributed by atoms with Crippen LogP contribution in [-0.2, 0) is 0 Å². The fourth-order valence-corrected chi connectivity index (χ4v) is 4.31. The van der Waals surface area contributed by atoms with Crippen LogP contribution in [0.15, 0.2) is 0 Å². The van der Waals surface area contributed by atoms with E-state index in [9.17, 15) is 5.26 Å². The second kappa shape index (κ2) is 7.61. The molecule has 1 saturated heterocycles. The molecule has 0 spiro atoms. The number of rotatable bonds is 6. The van der Waals surface area contributed by atoms with Gasteiger partial charge in [0.15, 0.2) is 0 Å². The molecule has 21 heavy (non-hydrogen) atoms. The van der Waals surface area contributed by atoms with Gasteiger partial charge in [-0.15, -0.1) is 0 Å². The Balaban J connectivity index is 1.83. The van der Waals surface area contributed by atoms with Gasteiger partial charge in [-0.1, -0.05) is 19.8 Å². The third-order valence-electron chi connectivity index (χ3n) is 5.64. The first-order chi connectivity index (χ1) is 10.1. The molecule has 0 aromatic rings. The number of nitrogens with zero attached hydrogens (tertiary/aromatic N) is 2. The summed E-state index contributed by atoms with van der Waals surface area (Å²) in [5.74, 6) is 1.49. The van der Waals surface area contributed by atoms with Gasteiger partial charge < -0.3 is 4.90 Å². The average Bonchev–Trinajstić information content (AvgIpc) is 2.88. The van der Waals surface area contributed by atoms with Crippen LogP contribution in [0.4, 0.5) is 0 Å². The van der Waals surface area contributed by atoms with Crippen molar-refractivity contribution in [2.24, 2.45) is 11.8 Å². The molecule has 1 saturated carbocycles. The molecule has 0 bridgehead atoms. The number of nitrogens with one attached hydrogen (secondary N) is 1. The van der Waals surface area contributed by atoms with Crippen molar-refractivity contribution in [3.05, 3.63) is 0 Å². The highest BCUT2D eigenvalue weighted by Gasteiger charge is 2.43. The van der Waals surface area contributed by atoms with Crippen LogP contribution in [0.25, 0.3) is 0 Å². The first-order valence-electron chi connectivity index (χ1n) is 9.01. The summed E-state index contributed by atoms with van der Waals surface area (Å²) in [5.41, 5.74) is -0.254. The molecule has 2 unspecified atom stereocenters. The van der Waals surface area contributed by atoms with Crippen molar-refractivity contribution in [3.8, 4) is 6.07 Å². The molecule has 2 atom stereocenters. The predicted molar refractivity (Wildman–Crippen MR) is 88.0 cm³/mol. The van der Waals surface area contributed by atoms with Gasteiger partial charge in [-0.2, -0.15) is 5.26 Å². The lowest BCUT2D eigenvalue weighted by molar-refractivity contribution is 0.161. The quantitative estimate of drug-likeness (QED) is 0.813. The molecule has 3 heteroatoms. The fourth-order valence-electron chi connectivity index (χ4n) is 4.31. The van der Waals surface area contributed by atoms with E-state index in [1.165, 1.54) is 58.2 Å². The Hall–Kier alpha value is -0.590. The zero-order valence-corrected chi connectivity index (χ0v) is 14.2. The lowest BCUT2D eigenvalue weighted by Gasteiger charge is -2.35. The minimum absolute atomic E-state index is 0.254. The molecule has 1 N–H and O–H groups in total. The minimum Gasteiger partial charge on any atom is -0.303 e. The summed E-state index contributed by atoms with van der Waals surface area (Å²) < 4.78 is 0. The molecule has 1 aliphatic heterocycles. The lowest BCUT2D eigenvalue weighted by atomic mass is 9.84. The van der Waals surface area contributed by atoms with Gasteiger partial charge >= 0.3 is 0 Å². The van der Waals surface area contributed by atoms with Gasteiger partial charge in [0.05, 0.1) is 6.07 Å². The van der Waals surface area contributed by atoms with E-state index in [2.05, 4.69) is 37.1 Å². The number of hydrogen-bond donors (Lipinski definition) is 1. The molecule has 120 valence electrons. The number of nitriles is 1. The largest absolute Gasteiger partial charge is 0.303 e.